The van der Waals surface area contributed by atoms with Crippen LogP contribution in [0.15, 0.2) is 29.2 Å². The molecule has 2 amide bonds. The second kappa shape index (κ2) is 7.63. The molecule has 2 aliphatic heterocycles. The second-order valence-electron chi connectivity index (χ2n) is 6.69. The zero-order valence-corrected chi connectivity index (χ0v) is 15.2. The van der Waals surface area contributed by atoms with Crippen molar-refractivity contribution < 1.29 is 23.1 Å². The molecule has 0 bridgehead atoms. The topological polar surface area (TPSA) is 107 Å². The highest BCUT2D eigenvalue weighted by molar-refractivity contribution is 7.89. The zero-order valence-electron chi connectivity index (χ0n) is 14.4. The fourth-order valence-electron chi connectivity index (χ4n) is 3.34. The van der Waals surface area contributed by atoms with Crippen LogP contribution in [0.1, 0.15) is 25.7 Å². The summed E-state index contributed by atoms with van der Waals surface area (Å²) in [5.74, 6) is -1.46. The van der Waals surface area contributed by atoms with Gasteiger partial charge in [0.15, 0.2) is 0 Å². The third-order valence-electron chi connectivity index (χ3n) is 4.86. The molecule has 1 atom stereocenters. The summed E-state index contributed by atoms with van der Waals surface area (Å²) in [5.41, 5.74) is 0.381. The van der Waals surface area contributed by atoms with Gasteiger partial charge in [-0.1, -0.05) is 12.5 Å². The molecule has 8 nitrogen and oxygen atoms in total. The lowest BCUT2D eigenvalue weighted by Crippen LogP contribution is -2.36. The van der Waals surface area contributed by atoms with Crippen LogP contribution < -0.4 is 5.32 Å². The Morgan fingerprint density at radius 3 is 2.50 bits per heavy atom. The van der Waals surface area contributed by atoms with Crippen molar-refractivity contribution in [2.75, 3.05) is 31.5 Å². The molecule has 0 radical (unpaired) electrons. The van der Waals surface area contributed by atoms with Crippen molar-refractivity contribution in [2.24, 2.45) is 5.92 Å². The summed E-state index contributed by atoms with van der Waals surface area (Å²) in [6.45, 7) is 1.56. The molecular weight excluding hydrogens is 358 g/mol. The molecule has 26 heavy (non-hydrogen) atoms. The van der Waals surface area contributed by atoms with E-state index in [1.165, 1.54) is 21.3 Å². The second-order valence-corrected chi connectivity index (χ2v) is 8.63. The first-order chi connectivity index (χ1) is 12.4. The lowest BCUT2D eigenvalue weighted by Gasteiger charge is -2.26. The number of rotatable bonds is 4. The van der Waals surface area contributed by atoms with Crippen LogP contribution in [0, 0.1) is 5.92 Å². The molecule has 9 heteroatoms. The number of likely N-dealkylation sites (tertiary alicyclic amines) is 1. The molecule has 0 aromatic heterocycles. The molecule has 2 saturated heterocycles. The van der Waals surface area contributed by atoms with E-state index in [2.05, 4.69) is 5.32 Å². The van der Waals surface area contributed by atoms with E-state index in [0.717, 1.165) is 19.3 Å². The maximum Gasteiger partial charge on any atom is 0.321 e. The standard InChI is InChI=1S/C17H23N3O5S/c21-16(22)13-7-10-19(12-13)17(23)18-14-5-4-6-15(11-14)26(24,25)20-8-2-1-3-9-20/h4-6,11,13H,1-3,7-10,12H2,(H,18,23)(H,21,22). The van der Waals surface area contributed by atoms with E-state index in [4.69, 9.17) is 5.11 Å². The van der Waals surface area contributed by atoms with Gasteiger partial charge in [-0.05, 0) is 37.5 Å². The number of sulfonamides is 1. The molecule has 2 fully saturated rings. The smallest absolute Gasteiger partial charge is 0.321 e. The third kappa shape index (κ3) is 3.99. The average molecular weight is 381 g/mol. The van der Waals surface area contributed by atoms with Crippen LogP contribution in [0.4, 0.5) is 10.5 Å². The van der Waals surface area contributed by atoms with Gasteiger partial charge in [0.2, 0.25) is 10.0 Å². The van der Waals surface area contributed by atoms with Gasteiger partial charge in [-0.25, -0.2) is 13.2 Å². The maximum absolute atomic E-state index is 12.7. The van der Waals surface area contributed by atoms with Crippen molar-refractivity contribution in [3.8, 4) is 0 Å². The van der Waals surface area contributed by atoms with Gasteiger partial charge in [-0.3, -0.25) is 4.79 Å². The molecule has 2 N–H and O–H groups in total. The van der Waals surface area contributed by atoms with Gasteiger partial charge in [0.05, 0.1) is 10.8 Å². The number of carbonyl (C=O) groups excluding carboxylic acids is 1. The molecule has 1 aromatic rings. The van der Waals surface area contributed by atoms with Crippen molar-refractivity contribution >= 4 is 27.7 Å². The number of carbonyl (C=O) groups is 2. The summed E-state index contributed by atoms with van der Waals surface area (Å²) in [6.07, 6.45) is 3.17. The molecular formula is C17H23N3O5S. The molecule has 3 rings (SSSR count). The summed E-state index contributed by atoms with van der Waals surface area (Å²) < 4.78 is 27.0. The van der Waals surface area contributed by atoms with Crippen molar-refractivity contribution in [3.05, 3.63) is 24.3 Å². The van der Waals surface area contributed by atoms with Crippen LogP contribution >= 0.6 is 0 Å². The number of urea groups is 1. The van der Waals surface area contributed by atoms with Gasteiger partial charge in [-0.2, -0.15) is 4.31 Å². The van der Waals surface area contributed by atoms with Gasteiger partial charge in [-0.15, -0.1) is 0 Å². The number of hydrogen-bond acceptors (Lipinski definition) is 4. The first-order valence-electron chi connectivity index (χ1n) is 8.77. The predicted molar refractivity (Wildman–Crippen MR) is 95.4 cm³/mol. The van der Waals surface area contributed by atoms with Crippen LogP contribution in [0.25, 0.3) is 0 Å². The number of amides is 2. The zero-order chi connectivity index (χ0) is 18.7. The summed E-state index contributed by atoms with van der Waals surface area (Å²) in [6, 6.07) is 5.78. The number of nitrogens with one attached hydrogen (secondary N) is 1. The number of nitrogens with zero attached hydrogens (tertiary/aromatic N) is 2. The van der Waals surface area contributed by atoms with Crippen LogP contribution in [0.3, 0.4) is 0 Å². The Labute approximate surface area is 152 Å². The van der Waals surface area contributed by atoms with E-state index in [1.54, 1.807) is 12.1 Å². The Morgan fingerprint density at radius 1 is 1.12 bits per heavy atom. The van der Waals surface area contributed by atoms with Gasteiger partial charge < -0.3 is 15.3 Å². The van der Waals surface area contributed by atoms with E-state index >= 15 is 0 Å². The molecule has 0 saturated carbocycles. The molecule has 1 unspecified atom stereocenters. The van der Waals surface area contributed by atoms with Crippen LogP contribution in [0.2, 0.25) is 0 Å². The number of aliphatic carboxylic acids is 1. The lowest BCUT2D eigenvalue weighted by atomic mass is 10.1. The van der Waals surface area contributed by atoms with Crippen molar-refractivity contribution in [1.82, 2.24) is 9.21 Å². The van der Waals surface area contributed by atoms with Gasteiger partial charge >= 0.3 is 12.0 Å². The quantitative estimate of drug-likeness (QED) is 0.827. The lowest BCUT2D eigenvalue weighted by molar-refractivity contribution is -0.141. The number of carboxylic acids is 1. The summed E-state index contributed by atoms with van der Waals surface area (Å²) >= 11 is 0. The normalized spacial score (nSPS) is 21.5. The fraction of sp³-hybridized carbons (Fsp3) is 0.529. The first kappa shape index (κ1) is 18.7. The fourth-order valence-corrected chi connectivity index (χ4v) is 4.90. The predicted octanol–water partition coefficient (Wildman–Crippen LogP) is 1.80. The SMILES string of the molecule is O=C(O)C1CCN(C(=O)Nc2cccc(S(=O)(=O)N3CCCCC3)c2)C1. The first-order valence-corrected chi connectivity index (χ1v) is 10.2. The summed E-state index contributed by atoms with van der Waals surface area (Å²) in [4.78, 5) is 24.9. The number of piperidine rings is 1. The average Bonchev–Trinajstić information content (AvgIpc) is 3.13. The molecule has 0 spiro atoms. The minimum absolute atomic E-state index is 0.155. The minimum atomic E-state index is -3.57. The van der Waals surface area contributed by atoms with Crippen LogP contribution in [-0.2, 0) is 14.8 Å². The maximum atomic E-state index is 12.7. The highest BCUT2D eigenvalue weighted by Gasteiger charge is 2.31. The monoisotopic (exact) mass is 381 g/mol. The molecule has 1 aromatic carbocycles. The highest BCUT2D eigenvalue weighted by atomic mass is 32.2. The molecule has 2 heterocycles. The summed E-state index contributed by atoms with van der Waals surface area (Å²) in [5, 5.41) is 11.7. The Bertz CT molecular complexity index is 789. The largest absolute Gasteiger partial charge is 0.481 e. The van der Waals surface area contributed by atoms with E-state index in [9.17, 15) is 18.0 Å². The van der Waals surface area contributed by atoms with Gasteiger partial charge in [0.25, 0.3) is 0 Å². The Balaban J connectivity index is 1.69. The Hall–Kier alpha value is -2.13. The highest BCUT2D eigenvalue weighted by Crippen LogP contribution is 2.24. The number of benzene rings is 1. The van der Waals surface area contributed by atoms with Crippen LogP contribution in [0.5, 0.6) is 0 Å². The van der Waals surface area contributed by atoms with Crippen LogP contribution in [-0.4, -0.2) is 60.9 Å². The summed E-state index contributed by atoms with van der Waals surface area (Å²) in [7, 11) is -3.57. The minimum Gasteiger partial charge on any atom is -0.481 e. The molecule has 2 aliphatic rings. The van der Waals surface area contributed by atoms with Crippen molar-refractivity contribution in [1.29, 1.82) is 0 Å². The van der Waals surface area contributed by atoms with E-state index in [0.29, 0.717) is 31.7 Å². The van der Waals surface area contributed by atoms with Crippen molar-refractivity contribution in [3.63, 3.8) is 0 Å². The van der Waals surface area contributed by atoms with Crippen molar-refractivity contribution in [2.45, 2.75) is 30.6 Å². The van der Waals surface area contributed by atoms with Gasteiger partial charge in [0.1, 0.15) is 0 Å². The number of carboxylic acid groups (broad SMARTS) is 1. The van der Waals surface area contributed by atoms with E-state index in [-0.39, 0.29) is 11.4 Å². The Morgan fingerprint density at radius 2 is 1.85 bits per heavy atom. The molecule has 142 valence electrons. The molecule has 0 aliphatic carbocycles. The number of anilines is 1. The Kier molecular flexibility index (Phi) is 5.47. The van der Waals surface area contributed by atoms with E-state index in [1.807, 2.05) is 0 Å². The van der Waals surface area contributed by atoms with Gasteiger partial charge in [0, 0.05) is 31.9 Å². The van der Waals surface area contributed by atoms with E-state index < -0.39 is 27.9 Å². The number of hydrogen-bond donors (Lipinski definition) is 2. The third-order valence-corrected chi connectivity index (χ3v) is 6.76.